The van der Waals surface area contributed by atoms with Crippen LogP contribution in [0.3, 0.4) is 0 Å². The fourth-order valence-corrected chi connectivity index (χ4v) is 2.74. The Morgan fingerprint density at radius 2 is 1.62 bits per heavy atom. The molecule has 0 aromatic heterocycles. The maximum absolute atomic E-state index is 11.0. The molecule has 0 bridgehead atoms. The van der Waals surface area contributed by atoms with Gasteiger partial charge in [0, 0.05) is 19.6 Å². The number of rotatable bonds is 5. The first-order chi connectivity index (χ1) is 14.7. The Balaban J connectivity index is -0.000000838. The van der Waals surface area contributed by atoms with Gasteiger partial charge in [-0.25, -0.2) is 8.42 Å². The van der Waals surface area contributed by atoms with Crippen molar-refractivity contribution >= 4 is 16.4 Å². The second-order valence-corrected chi connectivity index (χ2v) is 7.21. The Kier molecular flexibility index (Phi) is 21.2. The van der Waals surface area contributed by atoms with Crippen LogP contribution in [0, 0.1) is 23.9 Å². The zero-order valence-electron chi connectivity index (χ0n) is 18.7. The molecular formula is C15H24NNa2O15S-. The number of ether oxygens (including phenoxy) is 4. The van der Waals surface area contributed by atoms with Gasteiger partial charge in [0.2, 0.25) is 10.4 Å². The number of hydrogen-bond donors (Lipinski definition) is 6. The average Bonchev–Trinajstić information content (AvgIpc) is 2.68. The minimum Gasteiger partial charge on any atom is -0.726 e. The largest absolute Gasteiger partial charge is 1.00 e. The van der Waals surface area contributed by atoms with Crippen molar-refractivity contribution in [2.75, 3.05) is 13.7 Å². The molecule has 34 heavy (non-hydrogen) atoms. The Labute approximate surface area is 239 Å². The Hall–Kier alpha value is 0.310. The van der Waals surface area contributed by atoms with Gasteiger partial charge in [-0.15, -0.1) is 0 Å². The summed E-state index contributed by atoms with van der Waals surface area (Å²) < 4.78 is 54.0. The summed E-state index contributed by atoms with van der Waals surface area (Å²) in [7, 11) is -3.50. The van der Waals surface area contributed by atoms with Gasteiger partial charge >= 0.3 is 59.1 Å². The molecule has 0 amide bonds. The molecule has 0 saturated carbocycles. The van der Waals surface area contributed by atoms with E-state index in [4.69, 9.17) is 46.8 Å². The molecule has 2 heterocycles. The summed E-state index contributed by atoms with van der Waals surface area (Å²) >= 11 is 0. The molecule has 0 aromatic carbocycles. The van der Waals surface area contributed by atoms with Gasteiger partial charge in [0.25, 0.3) is 6.26 Å². The summed E-state index contributed by atoms with van der Waals surface area (Å²) in [6.07, 6.45) is -8.54. The zero-order chi connectivity index (χ0) is 25.2. The number of nitrogens with zero attached hydrogens (tertiary/aromatic N) is 1. The van der Waals surface area contributed by atoms with Crippen LogP contribution in [0.4, 0.5) is 0 Å². The van der Waals surface area contributed by atoms with Crippen molar-refractivity contribution in [3.8, 4) is 6.26 Å². The summed E-state index contributed by atoms with van der Waals surface area (Å²) in [5.41, 5.74) is 0. The SMILES string of the molecule is CO[C@H]1OC(CO)[CH-][C@H](O[C@@H]2OC(C(=O)[O-])[C@@H](O)[C@H](O)C2O)C1C.N#CO.O=S(=O)([O-])O.[Na+].[Na+]. The molecular weight excluding hydrogens is 512 g/mol. The topological polar surface area (TPSA) is 279 Å². The van der Waals surface area contributed by atoms with Crippen molar-refractivity contribution in [3.05, 3.63) is 6.42 Å². The molecule has 2 saturated heterocycles. The molecule has 4 unspecified atom stereocenters. The van der Waals surface area contributed by atoms with Gasteiger partial charge in [-0.2, -0.15) is 5.26 Å². The first kappa shape index (κ1) is 38.8. The average molecular weight is 536 g/mol. The number of carboxylic acid groups (broad SMARTS) is 1. The maximum atomic E-state index is 11.0. The van der Waals surface area contributed by atoms with Gasteiger partial charge in [0.1, 0.15) is 24.4 Å². The molecule has 188 valence electrons. The van der Waals surface area contributed by atoms with Gasteiger partial charge in [-0.1, -0.05) is 13.0 Å². The second kappa shape index (κ2) is 18.5. The number of hydrogen-bond acceptors (Lipinski definition) is 15. The molecule has 0 radical (unpaired) electrons. The molecule has 9 atom stereocenters. The van der Waals surface area contributed by atoms with E-state index in [0.717, 1.165) is 6.26 Å². The van der Waals surface area contributed by atoms with Crippen LogP contribution >= 0.6 is 0 Å². The van der Waals surface area contributed by atoms with E-state index in [1.807, 2.05) is 0 Å². The summed E-state index contributed by atoms with van der Waals surface area (Å²) in [6.45, 7) is 1.39. The number of aliphatic carboxylic acids is 1. The first-order valence-electron chi connectivity index (χ1n) is 8.63. The van der Waals surface area contributed by atoms with E-state index in [1.54, 1.807) is 6.92 Å². The van der Waals surface area contributed by atoms with E-state index < -0.39 is 65.6 Å². The molecule has 6 N–H and O–H groups in total. The molecule has 19 heteroatoms. The third-order valence-electron chi connectivity index (χ3n) is 4.17. The standard InChI is InChI=1S/C14H23O10.CHNO.2Na.H2O4S/c1-5-7(3-6(4-15)22-13(5)21-2)23-14-10(18)8(16)9(17)11(24-14)12(19)20;2-1-3;;;1-5(2,3)4/h3,5-11,13-18H,4H2,1-2H3,(H,19,20);3H;;;(H2,1,2,3,4)/q-1;;2*+1;/p-2/t5?,6?,7-,8-,9-,10?,11?,13-,14+;;;;/m0..../s1. The van der Waals surface area contributed by atoms with E-state index in [-0.39, 0.29) is 71.6 Å². The number of carboxylic acids is 1. The van der Waals surface area contributed by atoms with Crippen LogP contribution in [0.5, 0.6) is 0 Å². The van der Waals surface area contributed by atoms with E-state index in [9.17, 15) is 30.3 Å². The normalized spacial score (nSPS) is 34.9. The van der Waals surface area contributed by atoms with Gasteiger partial charge in [0.05, 0.1) is 5.97 Å². The van der Waals surface area contributed by atoms with Gasteiger partial charge < -0.3 is 58.9 Å². The van der Waals surface area contributed by atoms with Crippen LogP contribution in [-0.4, -0.2) is 112 Å². The van der Waals surface area contributed by atoms with Crippen molar-refractivity contribution in [1.29, 1.82) is 5.26 Å². The van der Waals surface area contributed by atoms with Gasteiger partial charge in [-0.3, -0.25) is 11.0 Å². The smallest absolute Gasteiger partial charge is 0.726 e. The van der Waals surface area contributed by atoms with Crippen molar-refractivity contribution in [3.63, 3.8) is 0 Å². The summed E-state index contributed by atoms with van der Waals surface area (Å²) in [5, 5.41) is 63.4. The fourth-order valence-electron chi connectivity index (χ4n) is 2.74. The van der Waals surface area contributed by atoms with Crippen molar-refractivity contribution in [2.45, 2.75) is 56.1 Å². The van der Waals surface area contributed by atoms with Crippen molar-refractivity contribution in [1.82, 2.24) is 0 Å². The minimum atomic E-state index is -4.92. The first-order valence-corrected chi connectivity index (χ1v) is 9.99. The summed E-state index contributed by atoms with van der Waals surface area (Å²) in [4.78, 5) is 11.0. The van der Waals surface area contributed by atoms with Crippen LogP contribution in [0.15, 0.2) is 0 Å². The number of aliphatic hydroxyl groups excluding tert-OH is 5. The minimum absolute atomic E-state index is 0. The van der Waals surface area contributed by atoms with Crippen molar-refractivity contribution < 1.29 is 131 Å². The van der Waals surface area contributed by atoms with Crippen LogP contribution in [0.1, 0.15) is 6.92 Å². The van der Waals surface area contributed by atoms with Crippen LogP contribution in [0.25, 0.3) is 0 Å². The molecule has 2 rings (SSSR count). The third kappa shape index (κ3) is 13.6. The predicted molar refractivity (Wildman–Crippen MR) is 92.7 cm³/mol. The third-order valence-corrected chi connectivity index (χ3v) is 4.17. The fraction of sp³-hybridized carbons (Fsp3) is 0.800. The molecule has 16 nitrogen and oxygen atoms in total. The molecule has 2 aliphatic rings. The van der Waals surface area contributed by atoms with E-state index in [2.05, 4.69) is 0 Å². The van der Waals surface area contributed by atoms with E-state index in [1.165, 1.54) is 13.5 Å². The monoisotopic (exact) mass is 536 g/mol. The van der Waals surface area contributed by atoms with Gasteiger partial charge in [-0.05, 0) is 6.10 Å². The summed E-state index contributed by atoms with van der Waals surface area (Å²) in [5.74, 6) is -2.12. The van der Waals surface area contributed by atoms with Crippen LogP contribution < -0.4 is 64.2 Å². The molecule has 0 aromatic rings. The number of carbonyl (C=O) groups excluding carboxylic acids is 1. The van der Waals surface area contributed by atoms with Gasteiger partial charge in [0.15, 0.2) is 12.6 Å². The van der Waals surface area contributed by atoms with Crippen LogP contribution in [-0.2, 0) is 34.1 Å². The number of carbonyl (C=O) groups is 1. The number of nitriles is 1. The Morgan fingerprint density at radius 3 is 2.00 bits per heavy atom. The number of methoxy groups -OCH3 is 1. The molecule has 0 spiro atoms. The zero-order valence-corrected chi connectivity index (χ0v) is 23.5. The predicted octanol–water partition coefficient (Wildman–Crippen LogP) is -11.0. The molecule has 2 aliphatic heterocycles. The molecule has 2 fully saturated rings. The summed E-state index contributed by atoms with van der Waals surface area (Å²) in [6, 6.07) is 0. The Morgan fingerprint density at radius 1 is 1.15 bits per heavy atom. The number of aliphatic hydroxyl groups is 5. The Bertz CT molecular complexity index is 715. The van der Waals surface area contributed by atoms with E-state index >= 15 is 0 Å². The quantitative estimate of drug-likeness (QED) is 0.0625. The van der Waals surface area contributed by atoms with E-state index in [0.29, 0.717) is 0 Å². The molecule has 0 aliphatic carbocycles. The van der Waals surface area contributed by atoms with Crippen molar-refractivity contribution in [2.24, 2.45) is 5.92 Å². The van der Waals surface area contributed by atoms with Crippen LogP contribution in [0.2, 0.25) is 0 Å². The second-order valence-electron chi connectivity index (χ2n) is 6.36. The maximum Gasteiger partial charge on any atom is 1.00 e.